The van der Waals surface area contributed by atoms with Crippen LogP contribution in [0.2, 0.25) is 0 Å². The predicted octanol–water partition coefficient (Wildman–Crippen LogP) is 1.79. The van der Waals surface area contributed by atoms with E-state index < -0.39 is 21.7 Å². The molecule has 0 fully saturated rings. The molecule has 0 radical (unpaired) electrons. The number of pyridine rings is 1. The average molecular weight is 349 g/mol. The van der Waals surface area contributed by atoms with Crippen molar-refractivity contribution in [1.82, 2.24) is 9.29 Å². The number of nitrogens with one attached hydrogen (secondary N) is 1. The quantitative estimate of drug-likeness (QED) is 0.916. The van der Waals surface area contributed by atoms with Crippen molar-refractivity contribution >= 4 is 21.6 Å². The van der Waals surface area contributed by atoms with E-state index in [1.807, 2.05) is 0 Å². The van der Waals surface area contributed by atoms with Crippen molar-refractivity contribution in [1.29, 1.82) is 0 Å². The summed E-state index contributed by atoms with van der Waals surface area (Å²) in [5.74, 6) is -0.982. The molecule has 8 heteroatoms. The molecule has 1 amide bonds. The number of hydrogen-bond donors (Lipinski definition) is 1. The lowest BCUT2D eigenvalue weighted by atomic mass is 9.98. The van der Waals surface area contributed by atoms with Gasteiger partial charge in [0.05, 0.1) is 17.5 Å². The van der Waals surface area contributed by atoms with Crippen molar-refractivity contribution in [2.24, 2.45) is 0 Å². The molecule has 3 rings (SSSR count). The molecule has 24 heavy (non-hydrogen) atoms. The van der Waals surface area contributed by atoms with Crippen molar-refractivity contribution in [3.8, 4) is 0 Å². The molecule has 126 valence electrons. The van der Waals surface area contributed by atoms with Crippen molar-refractivity contribution in [3.63, 3.8) is 0 Å². The maximum Gasteiger partial charge on any atom is 0.257 e. The van der Waals surface area contributed by atoms with Gasteiger partial charge in [-0.1, -0.05) is 12.1 Å². The monoisotopic (exact) mass is 349 g/mol. The van der Waals surface area contributed by atoms with Crippen LogP contribution in [0.1, 0.15) is 21.5 Å². The lowest BCUT2D eigenvalue weighted by Gasteiger charge is -2.27. The molecule has 2 aromatic rings. The topological polar surface area (TPSA) is 79.4 Å². The minimum Gasteiger partial charge on any atom is -0.319 e. The Morgan fingerprint density at radius 2 is 2.04 bits per heavy atom. The van der Waals surface area contributed by atoms with Gasteiger partial charge in [0.15, 0.2) is 0 Å². The van der Waals surface area contributed by atoms with Gasteiger partial charge in [0.1, 0.15) is 5.82 Å². The van der Waals surface area contributed by atoms with Gasteiger partial charge in [-0.15, -0.1) is 0 Å². The number of carbonyl (C=O) groups excluding carboxylic acids is 1. The van der Waals surface area contributed by atoms with E-state index in [-0.39, 0.29) is 12.2 Å². The van der Waals surface area contributed by atoms with Gasteiger partial charge in [0, 0.05) is 25.5 Å². The van der Waals surface area contributed by atoms with Crippen LogP contribution in [0.25, 0.3) is 0 Å². The lowest BCUT2D eigenvalue weighted by Crippen LogP contribution is -2.36. The first-order chi connectivity index (χ1) is 11.4. The van der Waals surface area contributed by atoms with Crippen molar-refractivity contribution in [2.75, 3.05) is 18.1 Å². The number of hydrogen-bond acceptors (Lipinski definition) is 4. The highest BCUT2D eigenvalue weighted by Crippen LogP contribution is 2.24. The summed E-state index contributed by atoms with van der Waals surface area (Å²) in [4.78, 5) is 16.5. The van der Waals surface area contributed by atoms with E-state index in [1.165, 1.54) is 28.7 Å². The number of nitrogens with zero attached hydrogens (tertiary/aromatic N) is 2. The normalized spacial score (nSPS) is 14.9. The smallest absolute Gasteiger partial charge is 0.257 e. The van der Waals surface area contributed by atoms with E-state index in [0.717, 1.165) is 11.8 Å². The highest BCUT2D eigenvalue weighted by atomic mass is 32.2. The Labute approximate surface area is 139 Å². The summed E-state index contributed by atoms with van der Waals surface area (Å²) in [6, 6.07) is 5.90. The molecule has 1 aliphatic rings. The molecule has 1 aromatic carbocycles. The van der Waals surface area contributed by atoms with Crippen LogP contribution in [0.15, 0.2) is 36.7 Å². The standard InChI is InChI=1S/C16H16FN3O3S/c1-24(22,23)20-7-6-12-11(10-20)8-18-9-13(12)16(21)19-15-5-3-2-4-14(15)17/h2-5,8-9H,6-7,10H2,1H3,(H,19,21). The zero-order valence-corrected chi connectivity index (χ0v) is 13.8. The predicted molar refractivity (Wildman–Crippen MR) is 87.5 cm³/mol. The third-order valence-corrected chi connectivity index (χ3v) is 5.19. The van der Waals surface area contributed by atoms with Gasteiger partial charge in [0.2, 0.25) is 10.0 Å². The third kappa shape index (κ3) is 3.29. The number of benzene rings is 1. The maximum atomic E-state index is 13.7. The van der Waals surface area contributed by atoms with Crippen molar-refractivity contribution in [3.05, 3.63) is 59.2 Å². The number of halogens is 1. The van der Waals surface area contributed by atoms with Gasteiger partial charge in [-0.3, -0.25) is 9.78 Å². The Hall–Kier alpha value is -2.32. The van der Waals surface area contributed by atoms with E-state index in [4.69, 9.17) is 0 Å². The minimum atomic E-state index is -3.30. The lowest BCUT2D eigenvalue weighted by molar-refractivity contribution is 0.102. The van der Waals surface area contributed by atoms with Crippen LogP contribution < -0.4 is 5.32 Å². The summed E-state index contributed by atoms with van der Waals surface area (Å²) in [5.41, 5.74) is 1.86. The van der Waals surface area contributed by atoms with Crippen molar-refractivity contribution < 1.29 is 17.6 Å². The summed E-state index contributed by atoms with van der Waals surface area (Å²) in [6.45, 7) is 0.484. The zero-order valence-electron chi connectivity index (χ0n) is 13.0. The molecule has 0 saturated carbocycles. The summed E-state index contributed by atoms with van der Waals surface area (Å²) in [7, 11) is -3.30. The van der Waals surface area contributed by atoms with E-state index in [9.17, 15) is 17.6 Å². The average Bonchev–Trinajstić information content (AvgIpc) is 2.55. The Morgan fingerprint density at radius 1 is 1.29 bits per heavy atom. The van der Waals surface area contributed by atoms with Crippen LogP contribution in [-0.2, 0) is 23.0 Å². The molecular weight excluding hydrogens is 333 g/mol. The van der Waals surface area contributed by atoms with Crippen LogP contribution in [0, 0.1) is 5.82 Å². The second-order valence-electron chi connectivity index (χ2n) is 5.61. The van der Waals surface area contributed by atoms with Crippen LogP contribution in [0.3, 0.4) is 0 Å². The van der Waals surface area contributed by atoms with Crippen LogP contribution in [0.5, 0.6) is 0 Å². The van der Waals surface area contributed by atoms with E-state index in [0.29, 0.717) is 24.1 Å². The minimum absolute atomic E-state index is 0.0914. The van der Waals surface area contributed by atoms with E-state index in [2.05, 4.69) is 10.3 Å². The fourth-order valence-corrected chi connectivity index (χ4v) is 3.50. The first-order valence-electron chi connectivity index (χ1n) is 7.33. The Morgan fingerprint density at radius 3 is 2.75 bits per heavy atom. The first kappa shape index (κ1) is 16.5. The first-order valence-corrected chi connectivity index (χ1v) is 9.18. The largest absolute Gasteiger partial charge is 0.319 e. The number of carbonyl (C=O) groups is 1. The molecule has 0 aliphatic carbocycles. The number of fused-ring (bicyclic) bond motifs is 1. The fourth-order valence-electron chi connectivity index (χ4n) is 2.70. The number of aromatic nitrogens is 1. The SMILES string of the molecule is CS(=O)(=O)N1CCc2c(cncc2C(=O)Nc2ccccc2F)C1. The summed E-state index contributed by atoms with van der Waals surface area (Å²) in [5, 5.41) is 2.53. The Balaban J connectivity index is 1.89. The van der Waals surface area contributed by atoms with Gasteiger partial charge in [-0.05, 0) is 29.7 Å². The summed E-state index contributed by atoms with van der Waals surface area (Å²) < 4.78 is 38.4. The summed E-state index contributed by atoms with van der Waals surface area (Å²) >= 11 is 0. The van der Waals surface area contributed by atoms with Gasteiger partial charge >= 0.3 is 0 Å². The fraction of sp³-hybridized carbons (Fsp3) is 0.250. The van der Waals surface area contributed by atoms with Gasteiger partial charge < -0.3 is 5.32 Å². The molecule has 0 spiro atoms. The highest BCUT2D eigenvalue weighted by Gasteiger charge is 2.26. The van der Waals surface area contributed by atoms with Crippen LogP contribution in [0.4, 0.5) is 10.1 Å². The third-order valence-electron chi connectivity index (χ3n) is 3.94. The zero-order chi connectivity index (χ0) is 17.3. The Bertz CT molecular complexity index is 899. The molecule has 0 atom stereocenters. The van der Waals surface area contributed by atoms with Crippen LogP contribution in [-0.4, -0.2) is 36.4 Å². The number of para-hydroxylation sites is 1. The highest BCUT2D eigenvalue weighted by molar-refractivity contribution is 7.88. The number of amides is 1. The second kappa shape index (κ2) is 6.29. The molecule has 0 saturated heterocycles. The number of anilines is 1. The molecule has 1 N–H and O–H groups in total. The molecule has 2 heterocycles. The maximum absolute atomic E-state index is 13.7. The summed E-state index contributed by atoms with van der Waals surface area (Å²) in [6.07, 6.45) is 4.54. The van der Waals surface area contributed by atoms with Gasteiger partial charge in [-0.2, -0.15) is 4.31 Å². The molecule has 6 nitrogen and oxygen atoms in total. The molecule has 0 unspecified atom stereocenters. The molecule has 0 bridgehead atoms. The number of sulfonamides is 1. The van der Waals surface area contributed by atoms with Gasteiger partial charge in [-0.25, -0.2) is 12.8 Å². The number of rotatable bonds is 3. The second-order valence-corrected chi connectivity index (χ2v) is 7.59. The Kier molecular flexibility index (Phi) is 4.33. The van der Waals surface area contributed by atoms with E-state index in [1.54, 1.807) is 12.3 Å². The molecule has 1 aliphatic heterocycles. The molecule has 1 aromatic heterocycles. The molecular formula is C16H16FN3O3S. The van der Waals surface area contributed by atoms with Gasteiger partial charge in [0.25, 0.3) is 5.91 Å². The van der Waals surface area contributed by atoms with E-state index >= 15 is 0 Å². The van der Waals surface area contributed by atoms with Crippen LogP contribution >= 0.6 is 0 Å². The van der Waals surface area contributed by atoms with Crippen molar-refractivity contribution in [2.45, 2.75) is 13.0 Å².